The van der Waals surface area contributed by atoms with Gasteiger partial charge in [0, 0.05) is 18.4 Å². The second kappa shape index (κ2) is 6.14. The lowest BCUT2D eigenvalue weighted by Gasteiger charge is -2.23. The summed E-state index contributed by atoms with van der Waals surface area (Å²) in [5, 5.41) is 0. The Hall–Kier alpha value is -2.07. The fraction of sp³-hybridized carbons (Fsp3) is 0.353. The van der Waals surface area contributed by atoms with Crippen LogP contribution in [0.2, 0.25) is 0 Å². The number of esters is 1. The molecule has 1 aromatic heterocycles. The van der Waals surface area contributed by atoms with Crippen LogP contribution in [0.25, 0.3) is 0 Å². The molecule has 110 valence electrons. The van der Waals surface area contributed by atoms with E-state index in [1.165, 1.54) is 31.2 Å². The standard InChI is InChI=1S/C17H20N2O2/c1-21-17(20)14-8-6-13(7-9-14)12-19-11-3-5-16(19)15-4-2-10-18-15/h2,4,6-10,16,18H,3,5,11-12H2,1H3. The summed E-state index contributed by atoms with van der Waals surface area (Å²) in [5.74, 6) is -0.285. The third-order valence-corrected chi connectivity index (χ3v) is 4.11. The first-order valence-electron chi connectivity index (χ1n) is 7.32. The second-order valence-electron chi connectivity index (χ2n) is 5.44. The monoisotopic (exact) mass is 284 g/mol. The lowest BCUT2D eigenvalue weighted by atomic mass is 10.1. The Morgan fingerprint density at radius 2 is 2.14 bits per heavy atom. The minimum Gasteiger partial charge on any atom is -0.465 e. The number of nitrogens with zero attached hydrogens (tertiary/aromatic N) is 1. The molecule has 1 saturated heterocycles. The average Bonchev–Trinajstić information content (AvgIpc) is 3.18. The first-order valence-corrected chi connectivity index (χ1v) is 7.32. The maximum absolute atomic E-state index is 11.4. The summed E-state index contributed by atoms with van der Waals surface area (Å²) in [4.78, 5) is 17.2. The molecule has 4 heteroatoms. The van der Waals surface area contributed by atoms with E-state index in [9.17, 15) is 4.79 Å². The SMILES string of the molecule is COC(=O)c1ccc(CN2CCCC2c2ccc[nH]2)cc1. The maximum atomic E-state index is 11.4. The average molecular weight is 284 g/mol. The smallest absolute Gasteiger partial charge is 0.337 e. The Morgan fingerprint density at radius 1 is 1.33 bits per heavy atom. The highest BCUT2D eigenvalue weighted by Crippen LogP contribution is 2.32. The van der Waals surface area contributed by atoms with Gasteiger partial charge < -0.3 is 9.72 Å². The molecule has 1 aliphatic heterocycles. The molecule has 1 unspecified atom stereocenters. The normalized spacial score (nSPS) is 18.8. The van der Waals surface area contributed by atoms with Crippen molar-refractivity contribution in [2.45, 2.75) is 25.4 Å². The number of H-pyrrole nitrogens is 1. The van der Waals surface area contributed by atoms with E-state index in [2.05, 4.69) is 22.0 Å². The fourth-order valence-electron chi connectivity index (χ4n) is 3.02. The lowest BCUT2D eigenvalue weighted by Crippen LogP contribution is -2.23. The molecule has 0 radical (unpaired) electrons. The van der Waals surface area contributed by atoms with E-state index in [1.54, 1.807) is 0 Å². The second-order valence-corrected chi connectivity index (χ2v) is 5.44. The van der Waals surface area contributed by atoms with Crippen LogP contribution in [0.5, 0.6) is 0 Å². The van der Waals surface area contributed by atoms with Gasteiger partial charge in [-0.25, -0.2) is 4.79 Å². The van der Waals surface area contributed by atoms with Gasteiger partial charge in [-0.05, 0) is 49.2 Å². The molecular weight excluding hydrogens is 264 g/mol. The summed E-state index contributed by atoms with van der Waals surface area (Å²) in [5.41, 5.74) is 3.11. The van der Waals surface area contributed by atoms with Gasteiger partial charge in [0.2, 0.25) is 0 Å². The van der Waals surface area contributed by atoms with Crippen LogP contribution in [-0.2, 0) is 11.3 Å². The van der Waals surface area contributed by atoms with E-state index in [0.29, 0.717) is 11.6 Å². The van der Waals surface area contributed by atoms with E-state index < -0.39 is 0 Å². The highest BCUT2D eigenvalue weighted by atomic mass is 16.5. The van der Waals surface area contributed by atoms with Crippen molar-refractivity contribution < 1.29 is 9.53 Å². The zero-order chi connectivity index (χ0) is 14.7. The number of carbonyl (C=O) groups excluding carboxylic acids is 1. The molecule has 21 heavy (non-hydrogen) atoms. The lowest BCUT2D eigenvalue weighted by molar-refractivity contribution is 0.0600. The van der Waals surface area contributed by atoms with Crippen LogP contribution in [0.15, 0.2) is 42.6 Å². The molecule has 0 saturated carbocycles. The first kappa shape index (κ1) is 13.9. The summed E-state index contributed by atoms with van der Waals surface area (Å²) in [6, 6.07) is 12.4. The molecule has 1 N–H and O–H groups in total. The van der Waals surface area contributed by atoms with Crippen molar-refractivity contribution in [1.82, 2.24) is 9.88 Å². The van der Waals surface area contributed by atoms with Crippen LogP contribution in [0.4, 0.5) is 0 Å². The molecule has 0 amide bonds. The Balaban J connectivity index is 1.69. The molecule has 1 aromatic carbocycles. The van der Waals surface area contributed by atoms with E-state index in [-0.39, 0.29) is 5.97 Å². The quantitative estimate of drug-likeness (QED) is 0.877. The van der Waals surface area contributed by atoms with Crippen LogP contribution in [-0.4, -0.2) is 29.5 Å². The van der Waals surface area contributed by atoms with Crippen LogP contribution in [0, 0.1) is 0 Å². The predicted octanol–water partition coefficient (Wildman–Crippen LogP) is 3.14. The molecule has 1 fully saturated rings. The third-order valence-electron chi connectivity index (χ3n) is 4.11. The molecule has 0 bridgehead atoms. The predicted molar refractivity (Wildman–Crippen MR) is 81.0 cm³/mol. The minimum atomic E-state index is -0.285. The van der Waals surface area contributed by atoms with Gasteiger partial charge >= 0.3 is 5.97 Å². The van der Waals surface area contributed by atoms with Crippen molar-refractivity contribution in [1.29, 1.82) is 0 Å². The Kier molecular flexibility index (Phi) is 4.06. The number of rotatable bonds is 4. The van der Waals surface area contributed by atoms with Gasteiger partial charge in [0.25, 0.3) is 0 Å². The summed E-state index contributed by atoms with van der Waals surface area (Å²) < 4.78 is 4.72. The number of hydrogen-bond donors (Lipinski definition) is 1. The Morgan fingerprint density at radius 3 is 2.81 bits per heavy atom. The summed E-state index contributed by atoms with van der Waals surface area (Å²) >= 11 is 0. The highest BCUT2D eigenvalue weighted by molar-refractivity contribution is 5.89. The molecule has 2 aromatic rings. The van der Waals surface area contributed by atoms with Crippen molar-refractivity contribution in [2.75, 3.05) is 13.7 Å². The first-order chi connectivity index (χ1) is 10.3. The third kappa shape index (κ3) is 3.00. The molecule has 1 aliphatic rings. The number of hydrogen-bond acceptors (Lipinski definition) is 3. The van der Waals surface area contributed by atoms with Gasteiger partial charge in [0.15, 0.2) is 0 Å². The van der Waals surface area contributed by atoms with E-state index in [0.717, 1.165) is 13.1 Å². The van der Waals surface area contributed by atoms with Gasteiger partial charge in [-0.1, -0.05) is 12.1 Å². The van der Waals surface area contributed by atoms with Crippen LogP contribution in [0.3, 0.4) is 0 Å². The number of likely N-dealkylation sites (tertiary alicyclic amines) is 1. The van der Waals surface area contributed by atoms with Crippen LogP contribution in [0.1, 0.15) is 40.5 Å². The zero-order valence-corrected chi connectivity index (χ0v) is 12.2. The molecule has 3 rings (SSSR count). The Bertz CT molecular complexity index is 590. The topological polar surface area (TPSA) is 45.3 Å². The zero-order valence-electron chi connectivity index (χ0n) is 12.2. The van der Waals surface area contributed by atoms with Crippen molar-refractivity contribution in [3.8, 4) is 0 Å². The molecule has 2 heterocycles. The summed E-state index contributed by atoms with van der Waals surface area (Å²) in [6.07, 6.45) is 4.40. The fourth-order valence-corrected chi connectivity index (χ4v) is 3.02. The molecule has 0 aliphatic carbocycles. The number of aromatic nitrogens is 1. The summed E-state index contributed by atoms with van der Waals surface area (Å²) in [7, 11) is 1.40. The molecular formula is C17H20N2O2. The number of ether oxygens (including phenoxy) is 1. The van der Waals surface area contributed by atoms with Crippen molar-refractivity contribution in [2.24, 2.45) is 0 Å². The number of carbonyl (C=O) groups is 1. The van der Waals surface area contributed by atoms with Gasteiger partial charge in [0.1, 0.15) is 0 Å². The van der Waals surface area contributed by atoms with Gasteiger partial charge in [-0.3, -0.25) is 4.90 Å². The van der Waals surface area contributed by atoms with E-state index >= 15 is 0 Å². The summed E-state index contributed by atoms with van der Waals surface area (Å²) in [6.45, 7) is 2.02. The van der Waals surface area contributed by atoms with Crippen molar-refractivity contribution in [3.05, 3.63) is 59.4 Å². The number of methoxy groups -OCH3 is 1. The molecule has 1 atom stereocenters. The molecule has 0 spiro atoms. The van der Waals surface area contributed by atoms with E-state index in [4.69, 9.17) is 4.74 Å². The maximum Gasteiger partial charge on any atom is 0.337 e. The van der Waals surface area contributed by atoms with Crippen molar-refractivity contribution in [3.63, 3.8) is 0 Å². The van der Waals surface area contributed by atoms with Crippen LogP contribution < -0.4 is 0 Å². The minimum absolute atomic E-state index is 0.285. The van der Waals surface area contributed by atoms with Gasteiger partial charge in [-0.2, -0.15) is 0 Å². The number of benzene rings is 1. The molecule has 4 nitrogen and oxygen atoms in total. The number of aromatic amines is 1. The Labute approximate surface area is 124 Å². The van der Waals surface area contributed by atoms with Gasteiger partial charge in [-0.15, -0.1) is 0 Å². The highest BCUT2D eigenvalue weighted by Gasteiger charge is 2.26. The largest absolute Gasteiger partial charge is 0.465 e. The van der Waals surface area contributed by atoms with E-state index in [1.807, 2.05) is 30.5 Å². The van der Waals surface area contributed by atoms with Crippen LogP contribution >= 0.6 is 0 Å². The number of nitrogens with one attached hydrogen (secondary N) is 1. The van der Waals surface area contributed by atoms with Gasteiger partial charge in [0.05, 0.1) is 18.7 Å². The van der Waals surface area contributed by atoms with Crippen molar-refractivity contribution >= 4 is 5.97 Å².